The zero-order valence-electron chi connectivity index (χ0n) is 16.3. The molecule has 7 nitrogen and oxygen atoms in total. The molecule has 0 aliphatic carbocycles. The number of aliphatic hydroxyl groups is 1. The average Bonchev–Trinajstić information content (AvgIpc) is 3.16. The number of aliphatic hydroxyl groups excluding tert-OH is 1. The van der Waals surface area contributed by atoms with Gasteiger partial charge in [0.15, 0.2) is 12.4 Å². The Hall–Kier alpha value is -1.81. The van der Waals surface area contributed by atoms with Crippen molar-refractivity contribution in [2.45, 2.75) is 55.4 Å². The van der Waals surface area contributed by atoms with E-state index in [2.05, 4.69) is 5.32 Å². The molecule has 2 aromatic rings. The van der Waals surface area contributed by atoms with Gasteiger partial charge in [0.05, 0.1) is 17.5 Å². The van der Waals surface area contributed by atoms with Gasteiger partial charge in [-0.25, -0.2) is 0 Å². The lowest BCUT2D eigenvalue weighted by Gasteiger charge is -2.39. The smallest absolute Gasteiger partial charge is 0.297 e. The Bertz CT molecular complexity index is 933. The molecule has 0 unspecified atom stereocenters. The second-order valence-corrected chi connectivity index (χ2v) is 9.09. The minimum absolute atomic E-state index is 0.0255. The fourth-order valence-corrected chi connectivity index (χ4v) is 4.81. The Morgan fingerprint density at radius 2 is 1.83 bits per heavy atom. The van der Waals surface area contributed by atoms with E-state index in [0.717, 1.165) is 11.1 Å². The number of fused-ring (bicyclic) bond motifs is 2. The maximum absolute atomic E-state index is 12.7. The fraction of sp³-hybridized carbons (Fsp3) is 0.429. The molecule has 6 atom stereocenters. The third-order valence-electron chi connectivity index (χ3n) is 5.40. The standard InChI is InChI=1S/C21H25NO6S/c1-13-8-10-16(11-9-13)29(24,25)28-20-19(23)18(17-12-26-21(20)27-17)22-14(2)15-6-4-3-5-7-15/h3-11,14,17-23H,12H2,1-2H3/t14-,17+,18+,19-,20+,21+/m0/s1. The van der Waals surface area contributed by atoms with E-state index in [0.29, 0.717) is 0 Å². The summed E-state index contributed by atoms with van der Waals surface area (Å²) < 4.78 is 42.2. The van der Waals surface area contributed by atoms with E-state index in [4.69, 9.17) is 13.7 Å². The summed E-state index contributed by atoms with van der Waals surface area (Å²) in [5, 5.41) is 14.3. The third kappa shape index (κ3) is 4.23. The van der Waals surface area contributed by atoms with Gasteiger partial charge in [-0.15, -0.1) is 0 Å². The zero-order valence-corrected chi connectivity index (χ0v) is 17.1. The number of ether oxygens (including phenoxy) is 2. The molecule has 2 bridgehead atoms. The summed E-state index contributed by atoms with van der Waals surface area (Å²) in [5.41, 5.74) is 1.98. The van der Waals surface area contributed by atoms with Gasteiger partial charge in [-0.2, -0.15) is 8.42 Å². The maximum atomic E-state index is 12.7. The SMILES string of the molecule is Cc1ccc(S(=O)(=O)O[C@H]2[C@@H]3OC[C@@H](O3)[C@@H](N[C@@H](C)c3ccccc3)[C@@H]2O)cc1. The van der Waals surface area contributed by atoms with Crippen molar-refractivity contribution in [1.82, 2.24) is 5.32 Å². The number of hydrogen-bond acceptors (Lipinski definition) is 7. The van der Waals surface area contributed by atoms with Crippen molar-refractivity contribution < 1.29 is 27.2 Å². The zero-order chi connectivity index (χ0) is 20.6. The second-order valence-electron chi connectivity index (χ2n) is 7.52. The molecule has 0 aromatic heterocycles. The first-order valence-electron chi connectivity index (χ1n) is 9.61. The molecule has 2 aliphatic rings. The molecule has 0 spiro atoms. The lowest BCUT2D eigenvalue weighted by molar-refractivity contribution is -0.193. The first-order valence-corrected chi connectivity index (χ1v) is 11.0. The van der Waals surface area contributed by atoms with Crippen LogP contribution in [0.1, 0.15) is 24.1 Å². The molecular weight excluding hydrogens is 394 g/mol. The van der Waals surface area contributed by atoms with Crippen LogP contribution in [0, 0.1) is 6.92 Å². The van der Waals surface area contributed by atoms with Crippen LogP contribution in [0.2, 0.25) is 0 Å². The van der Waals surface area contributed by atoms with Crippen molar-refractivity contribution >= 4 is 10.1 Å². The van der Waals surface area contributed by atoms with Gasteiger partial charge in [0.1, 0.15) is 12.2 Å². The van der Waals surface area contributed by atoms with Gasteiger partial charge in [0.2, 0.25) is 0 Å². The normalized spacial score (nSPS) is 30.2. The Morgan fingerprint density at radius 3 is 2.52 bits per heavy atom. The minimum Gasteiger partial charge on any atom is -0.388 e. The Kier molecular flexibility index (Phi) is 5.74. The highest BCUT2D eigenvalue weighted by molar-refractivity contribution is 7.86. The van der Waals surface area contributed by atoms with Crippen LogP contribution in [-0.4, -0.2) is 50.8 Å². The summed E-state index contributed by atoms with van der Waals surface area (Å²) >= 11 is 0. The van der Waals surface area contributed by atoms with Gasteiger partial charge in [-0.05, 0) is 31.5 Å². The molecule has 156 valence electrons. The van der Waals surface area contributed by atoms with Crippen molar-refractivity contribution in [2.75, 3.05) is 6.61 Å². The molecule has 2 aromatic carbocycles. The van der Waals surface area contributed by atoms with E-state index in [1.54, 1.807) is 12.1 Å². The largest absolute Gasteiger partial charge is 0.388 e. The number of aryl methyl sites for hydroxylation is 1. The van der Waals surface area contributed by atoms with Crippen molar-refractivity contribution in [3.8, 4) is 0 Å². The van der Waals surface area contributed by atoms with Crippen LogP contribution in [0.25, 0.3) is 0 Å². The quantitative estimate of drug-likeness (QED) is 0.691. The van der Waals surface area contributed by atoms with Crippen LogP contribution in [0.15, 0.2) is 59.5 Å². The predicted octanol–water partition coefficient (Wildman–Crippen LogP) is 1.90. The number of nitrogens with one attached hydrogen (secondary N) is 1. The predicted molar refractivity (Wildman–Crippen MR) is 106 cm³/mol. The van der Waals surface area contributed by atoms with Crippen LogP contribution in [0.4, 0.5) is 0 Å². The molecular formula is C21H25NO6S. The summed E-state index contributed by atoms with van der Waals surface area (Å²) in [5.74, 6) is 0. The highest BCUT2D eigenvalue weighted by Gasteiger charge is 2.52. The van der Waals surface area contributed by atoms with Gasteiger partial charge in [-0.3, -0.25) is 4.18 Å². The highest BCUT2D eigenvalue weighted by Crippen LogP contribution is 2.33. The fourth-order valence-electron chi connectivity index (χ4n) is 3.73. The van der Waals surface area contributed by atoms with Gasteiger partial charge < -0.3 is 19.9 Å². The van der Waals surface area contributed by atoms with Crippen LogP contribution in [0.5, 0.6) is 0 Å². The number of rotatable bonds is 6. The molecule has 2 fully saturated rings. The molecule has 2 saturated heterocycles. The van der Waals surface area contributed by atoms with Crippen molar-refractivity contribution in [3.05, 3.63) is 65.7 Å². The van der Waals surface area contributed by atoms with Crippen LogP contribution >= 0.6 is 0 Å². The van der Waals surface area contributed by atoms with Crippen LogP contribution < -0.4 is 5.32 Å². The highest BCUT2D eigenvalue weighted by atomic mass is 32.2. The van der Waals surface area contributed by atoms with Crippen molar-refractivity contribution in [2.24, 2.45) is 0 Å². The molecule has 29 heavy (non-hydrogen) atoms. The molecule has 0 amide bonds. The summed E-state index contributed by atoms with van der Waals surface area (Å²) in [6.07, 6.45) is -3.60. The Labute approximate surface area is 170 Å². The van der Waals surface area contributed by atoms with Gasteiger partial charge in [-0.1, -0.05) is 48.0 Å². The monoisotopic (exact) mass is 419 g/mol. The lowest BCUT2D eigenvalue weighted by atomic mass is 9.96. The Morgan fingerprint density at radius 1 is 1.14 bits per heavy atom. The third-order valence-corrected chi connectivity index (χ3v) is 6.72. The van der Waals surface area contributed by atoms with E-state index in [1.165, 1.54) is 12.1 Å². The van der Waals surface area contributed by atoms with Crippen LogP contribution in [-0.2, 0) is 23.8 Å². The number of hydrogen-bond donors (Lipinski definition) is 2. The minimum atomic E-state index is -4.09. The van der Waals surface area contributed by atoms with Crippen molar-refractivity contribution in [3.63, 3.8) is 0 Å². The maximum Gasteiger partial charge on any atom is 0.297 e. The molecule has 4 rings (SSSR count). The number of benzene rings is 2. The summed E-state index contributed by atoms with van der Waals surface area (Å²) in [4.78, 5) is 0.0255. The van der Waals surface area contributed by atoms with E-state index in [9.17, 15) is 13.5 Å². The summed E-state index contributed by atoms with van der Waals surface area (Å²) in [6.45, 7) is 4.10. The van der Waals surface area contributed by atoms with E-state index < -0.39 is 34.7 Å². The van der Waals surface area contributed by atoms with Gasteiger partial charge >= 0.3 is 0 Å². The first-order chi connectivity index (χ1) is 13.8. The van der Waals surface area contributed by atoms with Gasteiger partial charge in [0, 0.05) is 6.04 Å². The van der Waals surface area contributed by atoms with E-state index in [1.807, 2.05) is 44.2 Å². The average molecular weight is 419 g/mol. The molecule has 8 heteroatoms. The molecule has 2 N–H and O–H groups in total. The molecule has 0 saturated carbocycles. The molecule has 0 radical (unpaired) electrons. The lowest BCUT2D eigenvalue weighted by Crippen LogP contribution is -2.60. The topological polar surface area (TPSA) is 94.1 Å². The second kappa shape index (κ2) is 8.14. The summed E-state index contributed by atoms with van der Waals surface area (Å²) in [7, 11) is -4.09. The van der Waals surface area contributed by atoms with Gasteiger partial charge in [0.25, 0.3) is 10.1 Å². The van der Waals surface area contributed by atoms with E-state index in [-0.39, 0.29) is 23.6 Å². The van der Waals surface area contributed by atoms with E-state index >= 15 is 0 Å². The first kappa shape index (κ1) is 20.5. The van der Waals surface area contributed by atoms with Crippen LogP contribution in [0.3, 0.4) is 0 Å². The van der Waals surface area contributed by atoms with Crippen molar-refractivity contribution in [1.29, 1.82) is 0 Å². The molecule has 2 heterocycles. The summed E-state index contributed by atoms with van der Waals surface area (Å²) in [6, 6.07) is 15.5. The molecule has 2 aliphatic heterocycles. The Balaban J connectivity index is 1.52.